The van der Waals surface area contributed by atoms with Gasteiger partial charge in [-0.15, -0.1) is 5.10 Å². The van der Waals surface area contributed by atoms with E-state index in [1.54, 1.807) is 30.3 Å². The minimum Gasteiger partial charge on any atom is -0.324 e. The van der Waals surface area contributed by atoms with Crippen LogP contribution in [0.3, 0.4) is 0 Å². The largest absolute Gasteiger partial charge is 0.324 e. The van der Waals surface area contributed by atoms with Gasteiger partial charge in [-0.3, -0.25) is 9.59 Å². The fourth-order valence-electron chi connectivity index (χ4n) is 2.19. The van der Waals surface area contributed by atoms with Crippen molar-refractivity contribution < 1.29 is 4.79 Å². The Hall–Kier alpha value is -3.02. The Morgan fingerprint density at radius 1 is 1.18 bits per heavy atom. The van der Waals surface area contributed by atoms with Crippen LogP contribution in [-0.4, -0.2) is 20.9 Å². The summed E-state index contributed by atoms with van der Waals surface area (Å²) in [7, 11) is 0. The standard InChI is InChI=1S/C16H14N4O2/c1-11-5-4-6-12(9-11)17-15(21)10-20-16(22)13-7-2-3-8-14(13)18-19-20/h2-9H,10H2,1H3,(H,17,21). The summed E-state index contributed by atoms with van der Waals surface area (Å²) in [6, 6.07) is 14.4. The molecule has 0 aliphatic heterocycles. The van der Waals surface area contributed by atoms with Gasteiger partial charge in [0, 0.05) is 5.69 Å². The smallest absolute Gasteiger partial charge is 0.278 e. The molecule has 0 saturated heterocycles. The predicted molar refractivity (Wildman–Crippen MR) is 83.6 cm³/mol. The molecule has 0 fully saturated rings. The van der Waals surface area contributed by atoms with Gasteiger partial charge < -0.3 is 5.32 Å². The minimum absolute atomic E-state index is 0.176. The van der Waals surface area contributed by atoms with Gasteiger partial charge in [0.15, 0.2) is 0 Å². The van der Waals surface area contributed by atoms with Gasteiger partial charge >= 0.3 is 0 Å². The van der Waals surface area contributed by atoms with Gasteiger partial charge in [-0.05, 0) is 36.8 Å². The predicted octanol–water partition coefficient (Wildman–Crippen LogP) is 1.74. The first-order valence-electron chi connectivity index (χ1n) is 6.82. The van der Waals surface area contributed by atoms with Gasteiger partial charge in [0.05, 0.1) is 5.39 Å². The van der Waals surface area contributed by atoms with Crippen LogP contribution >= 0.6 is 0 Å². The number of anilines is 1. The van der Waals surface area contributed by atoms with Crippen molar-refractivity contribution in [1.29, 1.82) is 0 Å². The van der Waals surface area contributed by atoms with Crippen molar-refractivity contribution >= 4 is 22.5 Å². The van der Waals surface area contributed by atoms with Crippen molar-refractivity contribution in [3.05, 3.63) is 64.4 Å². The van der Waals surface area contributed by atoms with Crippen LogP contribution < -0.4 is 10.9 Å². The lowest BCUT2D eigenvalue weighted by atomic mass is 10.2. The van der Waals surface area contributed by atoms with E-state index in [0.29, 0.717) is 16.6 Å². The van der Waals surface area contributed by atoms with Gasteiger partial charge in [0.2, 0.25) is 5.91 Å². The molecule has 0 aliphatic carbocycles. The molecular formula is C16H14N4O2. The van der Waals surface area contributed by atoms with E-state index in [-0.39, 0.29) is 18.0 Å². The second-order valence-corrected chi connectivity index (χ2v) is 4.99. The van der Waals surface area contributed by atoms with E-state index in [0.717, 1.165) is 10.2 Å². The highest BCUT2D eigenvalue weighted by Crippen LogP contribution is 2.09. The van der Waals surface area contributed by atoms with Gasteiger partial charge in [0.1, 0.15) is 12.1 Å². The van der Waals surface area contributed by atoms with Gasteiger partial charge in [-0.2, -0.15) is 0 Å². The highest BCUT2D eigenvalue weighted by molar-refractivity contribution is 5.90. The Morgan fingerprint density at radius 3 is 2.82 bits per heavy atom. The summed E-state index contributed by atoms with van der Waals surface area (Å²) in [5.74, 6) is -0.322. The second-order valence-electron chi connectivity index (χ2n) is 4.99. The highest BCUT2D eigenvalue weighted by Gasteiger charge is 2.09. The molecular weight excluding hydrogens is 280 g/mol. The van der Waals surface area contributed by atoms with Crippen LogP contribution in [0.25, 0.3) is 10.9 Å². The third-order valence-corrected chi connectivity index (χ3v) is 3.22. The van der Waals surface area contributed by atoms with Crippen LogP contribution in [0.5, 0.6) is 0 Å². The quantitative estimate of drug-likeness (QED) is 0.798. The summed E-state index contributed by atoms with van der Waals surface area (Å²) < 4.78 is 1.06. The summed E-state index contributed by atoms with van der Waals surface area (Å²) in [6.07, 6.45) is 0. The molecule has 3 aromatic rings. The molecule has 1 heterocycles. The third-order valence-electron chi connectivity index (χ3n) is 3.22. The number of aryl methyl sites for hydroxylation is 1. The van der Waals surface area contributed by atoms with E-state index in [4.69, 9.17) is 0 Å². The molecule has 110 valence electrons. The molecule has 0 bridgehead atoms. The Kier molecular flexibility index (Phi) is 3.65. The maximum atomic E-state index is 12.3. The number of nitrogens with one attached hydrogen (secondary N) is 1. The number of amides is 1. The first-order valence-corrected chi connectivity index (χ1v) is 6.82. The van der Waals surface area contributed by atoms with Crippen molar-refractivity contribution in [2.45, 2.75) is 13.5 Å². The summed E-state index contributed by atoms with van der Waals surface area (Å²) in [5.41, 5.74) is 1.92. The lowest BCUT2D eigenvalue weighted by molar-refractivity contribution is -0.117. The summed E-state index contributed by atoms with van der Waals surface area (Å²) in [6.45, 7) is 1.76. The molecule has 0 spiro atoms. The fourth-order valence-corrected chi connectivity index (χ4v) is 2.19. The third kappa shape index (κ3) is 2.85. The number of nitrogens with zero attached hydrogens (tertiary/aromatic N) is 3. The van der Waals surface area contributed by atoms with E-state index < -0.39 is 0 Å². The highest BCUT2D eigenvalue weighted by atomic mass is 16.2. The molecule has 1 aromatic heterocycles. The molecule has 0 aliphatic rings. The molecule has 1 amide bonds. The average Bonchev–Trinajstić information content (AvgIpc) is 2.50. The number of hydrogen-bond acceptors (Lipinski definition) is 4. The normalized spacial score (nSPS) is 10.6. The molecule has 3 rings (SSSR count). The van der Waals surface area contributed by atoms with E-state index in [1.165, 1.54) is 0 Å². The lowest BCUT2D eigenvalue weighted by Gasteiger charge is -2.07. The van der Waals surface area contributed by atoms with E-state index in [1.807, 2.05) is 25.1 Å². The first-order chi connectivity index (χ1) is 10.6. The van der Waals surface area contributed by atoms with Gasteiger partial charge in [0.25, 0.3) is 5.56 Å². The van der Waals surface area contributed by atoms with Gasteiger partial charge in [-0.25, -0.2) is 4.68 Å². The van der Waals surface area contributed by atoms with Crippen LogP contribution in [0.2, 0.25) is 0 Å². The Bertz CT molecular complexity index is 902. The Balaban J connectivity index is 1.82. The van der Waals surface area contributed by atoms with Gasteiger partial charge in [-0.1, -0.05) is 29.5 Å². The molecule has 0 atom stereocenters. The second kappa shape index (κ2) is 5.77. The minimum atomic E-state index is -0.329. The maximum Gasteiger partial charge on any atom is 0.278 e. The number of carbonyl (C=O) groups excluding carboxylic acids is 1. The van der Waals surface area contributed by atoms with E-state index >= 15 is 0 Å². The fraction of sp³-hybridized carbons (Fsp3) is 0.125. The number of hydrogen-bond donors (Lipinski definition) is 1. The Labute approximate surface area is 126 Å². The molecule has 0 radical (unpaired) electrons. The first kappa shape index (κ1) is 13.9. The maximum absolute atomic E-state index is 12.3. The number of fused-ring (bicyclic) bond motifs is 1. The van der Waals surface area contributed by atoms with Crippen molar-refractivity contribution in [3.63, 3.8) is 0 Å². The van der Waals surface area contributed by atoms with Crippen molar-refractivity contribution in [2.75, 3.05) is 5.32 Å². The lowest BCUT2D eigenvalue weighted by Crippen LogP contribution is -2.30. The zero-order chi connectivity index (χ0) is 15.5. The summed E-state index contributed by atoms with van der Waals surface area (Å²) >= 11 is 0. The molecule has 6 heteroatoms. The molecule has 2 aromatic carbocycles. The average molecular weight is 294 g/mol. The molecule has 0 unspecified atom stereocenters. The zero-order valence-electron chi connectivity index (χ0n) is 12.0. The van der Waals surface area contributed by atoms with E-state index in [9.17, 15) is 9.59 Å². The van der Waals surface area contributed by atoms with Crippen molar-refractivity contribution in [2.24, 2.45) is 0 Å². The van der Waals surface area contributed by atoms with Crippen molar-refractivity contribution in [1.82, 2.24) is 15.0 Å². The number of aromatic nitrogens is 3. The molecule has 0 saturated carbocycles. The monoisotopic (exact) mass is 294 g/mol. The summed E-state index contributed by atoms with van der Waals surface area (Å²) in [5, 5.41) is 10.9. The topological polar surface area (TPSA) is 76.9 Å². The SMILES string of the molecule is Cc1cccc(NC(=O)Cn2nnc3ccccc3c2=O)c1. The Morgan fingerprint density at radius 2 is 2.00 bits per heavy atom. The number of rotatable bonds is 3. The van der Waals surface area contributed by atoms with E-state index in [2.05, 4.69) is 15.6 Å². The molecule has 6 nitrogen and oxygen atoms in total. The molecule has 22 heavy (non-hydrogen) atoms. The summed E-state index contributed by atoms with van der Waals surface area (Å²) in [4.78, 5) is 24.3. The zero-order valence-corrected chi connectivity index (χ0v) is 12.0. The van der Waals surface area contributed by atoms with Crippen molar-refractivity contribution in [3.8, 4) is 0 Å². The van der Waals surface area contributed by atoms with Crippen LogP contribution in [0.15, 0.2) is 53.3 Å². The van der Waals surface area contributed by atoms with Crippen LogP contribution in [0.4, 0.5) is 5.69 Å². The number of benzene rings is 2. The molecule has 1 N–H and O–H groups in total. The van der Waals surface area contributed by atoms with Crippen LogP contribution in [0.1, 0.15) is 5.56 Å². The van der Waals surface area contributed by atoms with Crippen LogP contribution in [-0.2, 0) is 11.3 Å². The number of carbonyl (C=O) groups is 1. The van der Waals surface area contributed by atoms with Crippen LogP contribution in [0, 0.1) is 6.92 Å².